The van der Waals surface area contributed by atoms with Crippen LogP contribution in [0, 0.1) is 5.41 Å². The predicted octanol–water partition coefficient (Wildman–Crippen LogP) is 2.67. The molecule has 1 aromatic heterocycles. The molecule has 2 N–H and O–H groups in total. The van der Waals surface area contributed by atoms with Gasteiger partial charge in [0.25, 0.3) is 0 Å². The van der Waals surface area contributed by atoms with Gasteiger partial charge in [-0.2, -0.15) is 0 Å². The third-order valence-corrected chi connectivity index (χ3v) is 5.41. The smallest absolute Gasteiger partial charge is 0.191 e. The summed E-state index contributed by atoms with van der Waals surface area (Å²) < 4.78 is 11.0. The van der Waals surface area contributed by atoms with Crippen molar-refractivity contribution in [2.24, 2.45) is 10.4 Å². The number of hydrogen-bond acceptors (Lipinski definition) is 4. The number of aliphatic imine (C=N–C) groups is 1. The minimum absolute atomic E-state index is 0.0381. The fourth-order valence-corrected chi connectivity index (χ4v) is 2.94. The molecule has 2 rings (SSSR count). The number of rotatable bonds is 5. The van der Waals surface area contributed by atoms with Gasteiger partial charge in [-0.1, -0.05) is 32.9 Å². The van der Waals surface area contributed by atoms with E-state index in [1.54, 1.807) is 14.2 Å². The molecule has 0 amide bonds. The number of ether oxygens (including phenoxy) is 1. The molecule has 1 heterocycles. The van der Waals surface area contributed by atoms with Crippen molar-refractivity contribution < 1.29 is 9.26 Å². The van der Waals surface area contributed by atoms with Crippen LogP contribution in [0.5, 0.6) is 0 Å². The van der Waals surface area contributed by atoms with Crippen LogP contribution in [0.2, 0.25) is 0 Å². The second-order valence-corrected chi connectivity index (χ2v) is 7.36. The number of nitrogens with zero attached hydrogens (tertiary/aromatic N) is 2. The molecule has 0 bridgehead atoms. The third-order valence-electron chi connectivity index (χ3n) is 5.41. The Hall–Kier alpha value is -1.56. The Labute approximate surface area is 139 Å². The van der Waals surface area contributed by atoms with Gasteiger partial charge in [-0.05, 0) is 19.3 Å². The first-order chi connectivity index (χ1) is 10.7. The highest BCUT2D eigenvalue weighted by molar-refractivity contribution is 5.80. The number of hydrogen-bond donors (Lipinski definition) is 2. The summed E-state index contributed by atoms with van der Waals surface area (Å²) in [7, 11) is 3.55. The zero-order valence-corrected chi connectivity index (χ0v) is 15.4. The lowest BCUT2D eigenvalue weighted by Crippen LogP contribution is -2.69. The Morgan fingerprint density at radius 1 is 1.48 bits per heavy atom. The van der Waals surface area contributed by atoms with Crippen molar-refractivity contribution in [1.82, 2.24) is 15.8 Å². The van der Waals surface area contributed by atoms with E-state index >= 15 is 0 Å². The summed E-state index contributed by atoms with van der Waals surface area (Å²) in [5.41, 5.74) is 0.914. The third kappa shape index (κ3) is 3.37. The first-order valence-corrected chi connectivity index (χ1v) is 8.21. The van der Waals surface area contributed by atoms with Gasteiger partial charge in [0.05, 0.1) is 17.8 Å². The van der Waals surface area contributed by atoms with E-state index in [1.165, 1.54) is 0 Å². The molecule has 6 nitrogen and oxygen atoms in total. The molecule has 1 aromatic rings. The molecule has 2 atom stereocenters. The highest BCUT2D eigenvalue weighted by Crippen LogP contribution is 2.51. The molecule has 0 radical (unpaired) electrons. The zero-order chi connectivity index (χ0) is 17.3. The second-order valence-electron chi connectivity index (χ2n) is 7.36. The van der Waals surface area contributed by atoms with Crippen LogP contribution in [0.25, 0.3) is 0 Å². The van der Waals surface area contributed by atoms with E-state index in [0.717, 1.165) is 23.8 Å². The van der Waals surface area contributed by atoms with E-state index in [0.29, 0.717) is 18.5 Å². The van der Waals surface area contributed by atoms with Crippen LogP contribution < -0.4 is 10.6 Å². The monoisotopic (exact) mass is 322 g/mol. The topological polar surface area (TPSA) is 71.7 Å². The van der Waals surface area contributed by atoms with Crippen molar-refractivity contribution >= 4 is 5.96 Å². The Balaban J connectivity index is 1.89. The summed E-state index contributed by atoms with van der Waals surface area (Å²) in [4.78, 5) is 4.30. The zero-order valence-electron chi connectivity index (χ0n) is 15.4. The van der Waals surface area contributed by atoms with Crippen LogP contribution >= 0.6 is 0 Å². The van der Waals surface area contributed by atoms with Gasteiger partial charge in [-0.3, -0.25) is 4.99 Å². The van der Waals surface area contributed by atoms with Gasteiger partial charge >= 0.3 is 0 Å². The van der Waals surface area contributed by atoms with E-state index < -0.39 is 0 Å². The van der Waals surface area contributed by atoms with Crippen LogP contribution in [-0.2, 0) is 11.3 Å². The highest BCUT2D eigenvalue weighted by Gasteiger charge is 2.58. The van der Waals surface area contributed by atoms with E-state index in [4.69, 9.17) is 9.26 Å². The molecule has 1 aliphatic carbocycles. The van der Waals surface area contributed by atoms with E-state index in [2.05, 4.69) is 55.4 Å². The minimum Gasteiger partial charge on any atom is -0.378 e. The van der Waals surface area contributed by atoms with Crippen LogP contribution in [0.1, 0.15) is 58.4 Å². The quantitative estimate of drug-likeness (QED) is 0.644. The van der Waals surface area contributed by atoms with Crippen molar-refractivity contribution in [2.75, 3.05) is 14.2 Å². The van der Waals surface area contributed by atoms with Crippen molar-refractivity contribution in [3.05, 3.63) is 17.5 Å². The minimum atomic E-state index is -0.0966. The lowest BCUT2D eigenvalue weighted by atomic mass is 9.56. The largest absolute Gasteiger partial charge is 0.378 e. The molecule has 2 unspecified atom stereocenters. The average molecular weight is 322 g/mol. The summed E-state index contributed by atoms with van der Waals surface area (Å²) in [5.74, 6) is 1.95. The summed E-state index contributed by atoms with van der Waals surface area (Å²) >= 11 is 0. The Bertz CT molecular complexity index is 565. The number of methoxy groups -OCH3 is 1. The highest BCUT2D eigenvalue weighted by atomic mass is 16.5. The summed E-state index contributed by atoms with van der Waals surface area (Å²) in [6, 6.07) is 2.31. The average Bonchev–Trinajstić information content (AvgIpc) is 2.99. The molecule has 6 heteroatoms. The lowest BCUT2D eigenvalue weighted by molar-refractivity contribution is -0.176. The predicted molar refractivity (Wildman–Crippen MR) is 91.5 cm³/mol. The number of nitrogens with one attached hydrogen (secondary N) is 2. The maximum atomic E-state index is 5.67. The van der Waals surface area contributed by atoms with Crippen LogP contribution in [0.4, 0.5) is 0 Å². The van der Waals surface area contributed by atoms with Crippen LogP contribution in [-0.4, -0.2) is 36.9 Å². The van der Waals surface area contributed by atoms with E-state index in [1.807, 2.05) is 6.07 Å². The molecule has 0 saturated heterocycles. The van der Waals surface area contributed by atoms with Crippen molar-refractivity contribution in [1.29, 1.82) is 0 Å². The molecule has 1 saturated carbocycles. The lowest BCUT2D eigenvalue weighted by Gasteiger charge is -2.59. The standard InChI is InChI=1S/C17H30N4O2/c1-11(2)13-8-12(23-21-13)10-19-15(18-6)20-14-9-17(5,22-7)16(14,3)4/h8,11,14H,9-10H2,1-7H3,(H2,18,19,20). The molecular formula is C17H30N4O2. The molecule has 0 aliphatic heterocycles. The van der Waals surface area contributed by atoms with Gasteiger partial charge < -0.3 is 19.9 Å². The van der Waals surface area contributed by atoms with Gasteiger partial charge in [0.2, 0.25) is 0 Å². The molecule has 0 spiro atoms. The molecular weight excluding hydrogens is 292 g/mol. The summed E-state index contributed by atoms with van der Waals surface area (Å²) in [6.07, 6.45) is 0.955. The molecule has 1 fully saturated rings. The maximum Gasteiger partial charge on any atom is 0.191 e. The normalized spacial score (nSPS) is 27.0. The summed E-state index contributed by atoms with van der Waals surface area (Å²) in [5, 5.41) is 10.8. The summed E-state index contributed by atoms with van der Waals surface area (Å²) in [6.45, 7) is 11.4. The van der Waals surface area contributed by atoms with Crippen molar-refractivity contribution in [3.8, 4) is 0 Å². The fourth-order valence-electron chi connectivity index (χ4n) is 2.94. The van der Waals surface area contributed by atoms with Gasteiger partial charge in [0, 0.05) is 31.7 Å². The number of guanidine groups is 1. The van der Waals surface area contributed by atoms with Gasteiger partial charge in [-0.15, -0.1) is 0 Å². The maximum absolute atomic E-state index is 5.67. The second kappa shape index (κ2) is 6.51. The van der Waals surface area contributed by atoms with E-state index in [-0.39, 0.29) is 11.0 Å². The van der Waals surface area contributed by atoms with Crippen LogP contribution in [0.15, 0.2) is 15.6 Å². The Morgan fingerprint density at radius 2 is 2.17 bits per heavy atom. The van der Waals surface area contributed by atoms with Gasteiger partial charge in [0.1, 0.15) is 0 Å². The first-order valence-electron chi connectivity index (χ1n) is 8.21. The van der Waals surface area contributed by atoms with Crippen molar-refractivity contribution in [3.63, 3.8) is 0 Å². The Morgan fingerprint density at radius 3 is 2.65 bits per heavy atom. The SMILES string of the molecule is CN=C(NCc1cc(C(C)C)no1)NC1CC(C)(OC)C1(C)C. The molecule has 0 aromatic carbocycles. The fraction of sp³-hybridized carbons (Fsp3) is 0.765. The van der Waals surface area contributed by atoms with E-state index in [9.17, 15) is 0 Å². The van der Waals surface area contributed by atoms with Gasteiger partial charge in [-0.25, -0.2) is 0 Å². The number of aromatic nitrogens is 1. The first kappa shape index (κ1) is 17.8. The molecule has 1 aliphatic rings. The van der Waals surface area contributed by atoms with Crippen LogP contribution in [0.3, 0.4) is 0 Å². The van der Waals surface area contributed by atoms with Gasteiger partial charge in [0.15, 0.2) is 11.7 Å². The van der Waals surface area contributed by atoms with Crippen molar-refractivity contribution in [2.45, 2.75) is 65.1 Å². The Kier molecular flexibility index (Phi) is 5.04. The molecule has 23 heavy (non-hydrogen) atoms. The molecule has 130 valence electrons.